The highest BCUT2D eigenvalue weighted by molar-refractivity contribution is 6.06. The molecule has 0 aliphatic heterocycles. The van der Waals surface area contributed by atoms with Gasteiger partial charge in [0.1, 0.15) is 12.4 Å². The van der Waals surface area contributed by atoms with Crippen LogP contribution in [0.3, 0.4) is 0 Å². The lowest BCUT2D eigenvalue weighted by molar-refractivity contribution is 0.102. The first-order chi connectivity index (χ1) is 11.7. The normalized spacial score (nSPS) is 10.2. The lowest BCUT2D eigenvalue weighted by Crippen LogP contribution is -2.13. The number of hydrogen-bond donors (Lipinski definition) is 1. The van der Waals surface area contributed by atoms with Gasteiger partial charge in [-0.15, -0.1) is 0 Å². The van der Waals surface area contributed by atoms with Gasteiger partial charge in [0.15, 0.2) is 0 Å². The van der Waals surface area contributed by atoms with Gasteiger partial charge in [0, 0.05) is 5.69 Å². The van der Waals surface area contributed by atoms with E-state index in [1.165, 1.54) is 5.56 Å². The van der Waals surface area contributed by atoms with Crippen LogP contribution in [0, 0.1) is 6.92 Å². The number of anilines is 1. The van der Waals surface area contributed by atoms with Gasteiger partial charge in [-0.3, -0.25) is 4.79 Å². The van der Waals surface area contributed by atoms with Gasteiger partial charge >= 0.3 is 0 Å². The predicted octanol–water partition coefficient (Wildman–Crippen LogP) is 4.83. The molecule has 0 aliphatic rings. The summed E-state index contributed by atoms with van der Waals surface area (Å²) in [6, 6.07) is 24.7. The first-order valence-corrected chi connectivity index (χ1v) is 7.87. The molecule has 0 spiro atoms. The SMILES string of the molecule is Cc1ccccc1COc1ccccc1C(=O)Nc1ccccc1. The summed E-state index contributed by atoms with van der Waals surface area (Å²) < 4.78 is 5.90. The van der Waals surface area contributed by atoms with Crippen LogP contribution in [-0.2, 0) is 6.61 Å². The zero-order valence-electron chi connectivity index (χ0n) is 13.5. The molecule has 24 heavy (non-hydrogen) atoms. The maximum Gasteiger partial charge on any atom is 0.259 e. The smallest absolute Gasteiger partial charge is 0.259 e. The van der Waals surface area contributed by atoms with Crippen molar-refractivity contribution in [2.45, 2.75) is 13.5 Å². The number of carbonyl (C=O) groups excluding carboxylic acids is 1. The highest BCUT2D eigenvalue weighted by Gasteiger charge is 2.12. The Bertz CT molecular complexity index is 828. The van der Waals surface area contributed by atoms with E-state index in [0.717, 1.165) is 11.3 Å². The number of aryl methyl sites for hydroxylation is 1. The number of ether oxygens (including phenoxy) is 1. The van der Waals surface area contributed by atoms with Crippen molar-refractivity contribution in [3.8, 4) is 5.75 Å². The Labute approximate surface area is 141 Å². The molecule has 120 valence electrons. The van der Waals surface area contributed by atoms with Crippen molar-refractivity contribution < 1.29 is 9.53 Å². The average molecular weight is 317 g/mol. The van der Waals surface area contributed by atoms with Crippen molar-refractivity contribution in [1.29, 1.82) is 0 Å². The fourth-order valence-corrected chi connectivity index (χ4v) is 2.43. The highest BCUT2D eigenvalue weighted by Crippen LogP contribution is 2.21. The summed E-state index contributed by atoms with van der Waals surface area (Å²) in [5.74, 6) is 0.399. The Morgan fingerprint density at radius 2 is 1.54 bits per heavy atom. The highest BCUT2D eigenvalue weighted by atomic mass is 16.5. The monoisotopic (exact) mass is 317 g/mol. The van der Waals surface area contributed by atoms with Gasteiger partial charge in [0.25, 0.3) is 5.91 Å². The van der Waals surface area contributed by atoms with Gasteiger partial charge in [-0.25, -0.2) is 0 Å². The van der Waals surface area contributed by atoms with Crippen LogP contribution in [0.1, 0.15) is 21.5 Å². The minimum Gasteiger partial charge on any atom is -0.488 e. The van der Waals surface area contributed by atoms with Crippen molar-refractivity contribution in [3.05, 3.63) is 95.6 Å². The van der Waals surface area contributed by atoms with E-state index in [1.54, 1.807) is 6.07 Å². The van der Waals surface area contributed by atoms with E-state index in [4.69, 9.17) is 4.74 Å². The molecule has 3 aromatic carbocycles. The van der Waals surface area contributed by atoms with Gasteiger partial charge in [-0.05, 0) is 42.3 Å². The molecule has 1 amide bonds. The van der Waals surface area contributed by atoms with Crippen LogP contribution >= 0.6 is 0 Å². The van der Waals surface area contributed by atoms with E-state index in [0.29, 0.717) is 17.9 Å². The summed E-state index contributed by atoms with van der Waals surface area (Å²) in [7, 11) is 0. The summed E-state index contributed by atoms with van der Waals surface area (Å²) >= 11 is 0. The maximum absolute atomic E-state index is 12.5. The molecule has 0 aromatic heterocycles. The third-order valence-corrected chi connectivity index (χ3v) is 3.81. The minimum absolute atomic E-state index is 0.179. The molecule has 0 fully saturated rings. The van der Waals surface area contributed by atoms with Gasteiger partial charge < -0.3 is 10.1 Å². The molecule has 3 heteroatoms. The maximum atomic E-state index is 12.5. The number of amides is 1. The number of benzene rings is 3. The van der Waals surface area contributed by atoms with Gasteiger partial charge in [-0.2, -0.15) is 0 Å². The lowest BCUT2D eigenvalue weighted by Gasteiger charge is -2.13. The van der Waals surface area contributed by atoms with Crippen LogP contribution in [0.25, 0.3) is 0 Å². The predicted molar refractivity (Wildman–Crippen MR) is 96.3 cm³/mol. The Kier molecular flexibility index (Phi) is 4.92. The topological polar surface area (TPSA) is 38.3 Å². The Morgan fingerprint density at radius 1 is 0.875 bits per heavy atom. The van der Waals surface area contributed by atoms with E-state index >= 15 is 0 Å². The molecule has 3 rings (SSSR count). The van der Waals surface area contributed by atoms with Crippen LogP contribution in [-0.4, -0.2) is 5.91 Å². The fraction of sp³-hybridized carbons (Fsp3) is 0.0952. The average Bonchev–Trinajstić information content (AvgIpc) is 2.62. The molecule has 0 radical (unpaired) electrons. The minimum atomic E-state index is -0.179. The van der Waals surface area contributed by atoms with E-state index in [1.807, 2.05) is 79.7 Å². The molecule has 0 atom stereocenters. The molecule has 0 unspecified atom stereocenters. The number of rotatable bonds is 5. The second kappa shape index (κ2) is 7.47. The summed E-state index contributed by atoms with van der Waals surface area (Å²) in [4.78, 5) is 12.5. The molecular weight excluding hydrogens is 298 g/mol. The quantitative estimate of drug-likeness (QED) is 0.732. The number of para-hydroxylation sites is 2. The molecular formula is C21H19NO2. The second-order valence-electron chi connectivity index (χ2n) is 5.53. The van der Waals surface area contributed by atoms with Crippen LogP contribution in [0.5, 0.6) is 5.75 Å². The fourth-order valence-electron chi connectivity index (χ4n) is 2.43. The van der Waals surface area contributed by atoms with Gasteiger partial charge in [0.05, 0.1) is 5.56 Å². The van der Waals surface area contributed by atoms with E-state index < -0.39 is 0 Å². The molecule has 0 saturated heterocycles. The number of carbonyl (C=O) groups is 1. The molecule has 0 saturated carbocycles. The van der Waals surface area contributed by atoms with Crippen molar-refractivity contribution >= 4 is 11.6 Å². The zero-order valence-corrected chi connectivity index (χ0v) is 13.5. The Hall–Kier alpha value is -3.07. The summed E-state index contributed by atoms with van der Waals surface area (Å²) in [5, 5.41) is 2.89. The first-order valence-electron chi connectivity index (χ1n) is 7.87. The van der Waals surface area contributed by atoms with Crippen molar-refractivity contribution in [1.82, 2.24) is 0 Å². The molecule has 0 heterocycles. The van der Waals surface area contributed by atoms with Crippen molar-refractivity contribution in [3.63, 3.8) is 0 Å². The first kappa shape index (κ1) is 15.8. The largest absolute Gasteiger partial charge is 0.488 e. The standard InChI is InChI=1S/C21H19NO2/c1-16-9-5-6-10-17(16)15-24-20-14-8-7-13-19(20)21(23)22-18-11-3-2-4-12-18/h2-14H,15H2,1H3,(H,22,23). The molecule has 0 aliphatic carbocycles. The van der Waals surface area contributed by atoms with E-state index in [9.17, 15) is 4.79 Å². The van der Waals surface area contributed by atoms with Crippen LogP contribution < -0.4 is 10.1 Å². The van der Waals surface area contributed by atoms with Crippen LogP contribution in [0.2, 0.25) is 0 Å². The number of hydrogen-bond acceptors (Lipinski definition) is 2. The van der Waals surface area contributed by atoms with Gasteiger partial charge in [0.2, 0.25) is 0 Å². The van der Waals surface area contributed by atoms with Crippen LogP contribution in [0.4, 0.5) is 5.69 Å². The molecule has 3 nitrogen and oxygen atoms in total. The molecule has 3 aromatic rings. The zero-order chi connectivity index (χ0) is 16.8. The Balaban J connectivity index is 1.75. The van der Waals surface area contributed by atoms with Crippen molar-refractivity contribution in [2.24, 2.45) is 0 Å². The third kappa shape index (κ3) is 3.82. The second-order valence-corrected chi connectivity index (χ2v) is 5.53. The van der Waals surface area contributed by atoms with Crippen molar-refractivity contribution in [2.75, 3.05) is 5.32 Å². The lowest BCUT2D eigenvalue weighted by atomic mass is 10.1. The number of nitrogens with one attached hydrogen (secondary N) is 1. The van der Waals surface area contributed by atoms with E-state index in [2.05, 4.69) is 5.32 Å². The van der Waals surface area contributed by atoms with Gasteiger partial charge in [-0.1, -0.05) is 54.6 Å². The summed E-state index contributed by atoms with van der Waals surface area (Å²) in [5.41, 5.74) is 3.56. The van der Waals surface area contributed by atoms with E-state index in [-0.39, 0.29) is 5.91 Å². The van der Waals surface area contributed by atoms with Crippen LogP contribution in [0.15, 0.2) is 78.9 Å². The molecule has 0 bridgehead atoms. The summed E-state index contributed by atoms with van der Waals surface area (Å²) in [6.07, 6.45) is 0. The Morgan fingerprint density at radius 3 is 2.33 bits per heavy atom. The third-order valence-electron chi connectivity index (χ3n) is 3.81. The molecule has 1 N–H and O–H groups in total. The summed E-state index contributed by atoms with van der Waals surface area (Å²) in [6.45, 7) is 2.48.